The number of hydrogen-bond acceptors (Lipinski definition) is 7. The van der Waals surface area contributed by atoms with Gasteiger partial charge in [-0.2, -0.15) is 5.26 Å². The third-order valence-corrected chi connectivity index (χ3v) is 5.54. The van der Waals surface area contributed by atoms with Gasteiger partial charge in [0.25, 0.3) is 0 Å². The molecule has 0 spiro atoms. The molecule has 1 aromatic heterocycles. The van der Waals surface area contributed by atoms with Gasteiger partial charge in [-0.25, -0.2) is 0 Å². The summed E-state index contributed by atoms with van der Waals surface area (Å²) in [6, 6.07) is 9.67. The van der Waals surface area contributed by atoms with Gasteiger partial charge in [-0.3, -0.25) is 9.59 Å². The average Bonchev–Trinajstić information content (AvgIpc) is 3.19. The first kappa shape index (κ1) is 17.4. The van der Waals surface area contributed by atoms with Gasteiger partial charge in [0, 0.05) is 18.7 Å². The highest BCUT2D eigenvalue weighted by Gasteiger charge is 2.35. The van der Waals surface area contributed by atoms with E-state index in [2.05, 4.69) is 15.5 Å². The highest BCUT2D eigenvalue weighted by Crippen LogP contribution is 2.28. The fourth-order valence-electron chi connectivity index (χ4n) is 2.55. The summed E-state index contributed by atoms with van der Waals surface area (Å²) in [5.41, 5.74) is 1.88. The average molecular weight is 373 g/mol. The fraction of sp³-hybridized carbons (Fsp3) is 0.312. The summed E-state index contributed by atoms with van der Waals surface area (Å²) >= 11 is 2.49. The van der Waals surface area contributed by atoms with Crippen molar-refractivity contribution >= 4 is 45.7 Å². The van der Waals surface area contributed by atoms with E-state index in [1.807, 2.05) is 37.3 Å². The van der Waals surface area contributed by atoms with E-state index in [4.69, 9.17) is 5.26 Å². The number of carbonyl (C=O) groups is 2. The van der Waals surface area contributed by atoms with Gasteiger partial charge in [0.2, 0.25) is 16.9 Å². The van der Waals surface area contributed by atoms with Crippen molar-refractivity contribution in [2.75, 3.05) is 22.5 Å². The number of carbonyl (C=O) groups excluding carboxylic acids is 2. The third-order valence-electron chi connectivity index (χ3n) is 3.71. The van der Waals surface area contributed by atoms with Crippen LogP contribution in [0.25, 0.3) is 0 Å². The summed E-state index contributed by atoms with van der Waals surface area (Å²) in [4.78, 5) is 26.3. The molecular formula is C16H15N5O2S2. The molecule has 1 atom stereocenters. The van der Waals surface area contributed by atoms with Crippen LogP contribution in [0, 0.1) is 24.2 Å². The zero-order valence-corrected chi connectivity index (χ0v) is 15.1. The zero-order valence-electron chi connectivity index (χ0n) is 13.4. The Labute approximate surface area is 153 Å². The molecule has 1 saturated heterocycles. The minimum absolute atomic E-state index is 0.0618. The van der Waals surface area contributed by atoms with Crippen molar-refractivity contribution in [2.45, 2.75) is 17.7 Å². The van der Waals surface area contributed by atoms with Crippen molar-refractivity contribution in [1.82, 2.24) is 10.2 Å². The maximum Gasteiger partial charge on any atom is 0.231 e. The maximum atomic E-state index is 12.4. The van der Waals surface area contributed by atoms with E-state index in [-0.39, 0.29) is 24.0 Å². The van der Waals surface area contributed by atoms with E-state index in [9.17, 15) is 9.59 Å². The molecule has 7 nitrogen and oxygen atoms in total. The molecule has 2 amide bonds. The molecule has 1 aromatic carbocycles. The van der Waals surface area contributed by atoms with Gasteiger partial charge in [-0.15, -0.1) is 10.2 Å². The van der Waals surface area contributed by atoms with Crippen LogP contribution in [0.1, 0.15) is 12.0 Å². The molecule has 0 bridgehead atoms. The third kappa shape index (κ3) is 4.15. The second-order valence-electron chi connectivity index (χ2n) is 5.55. The number of nitriles is 1. The SMILES string of the molecule is Cc1cccc(N2C[C@H](C(=O)Nc3nnc(SCC#N)s3)CC2=O)c1. The lowest BCUT2D eigenvalue weighted by Crippen LogP contribution is -2.28. The van der Waals surface area contributed by atoms with E-state index >= 15 is 0 Å². The number of thioether (sulfide) groups is 1. The van der Waals surface area contributed by atoms with Crippen molar-refractivity contribution in [3.8, 4) is 6.07 Å². The molecule has 3 rings (SSSR count). The molecular weight excluding hydrogens is 358 g/mol. The molecule has 128 valence electrons. The Morgan fingerprint density at radius 3 is 3.12 bits per heavy atom. The number of anilines is 2. The first-order valence-electron chi connectivity index (χ1n) is 7.58. The summed E-state index contributed by atoms with van der Waals surface area (Å²) in [5.74, 6) is -0.442. The summed E-state index contributed by atoms with van der Waals surface area (Å²) in [6.07, 6.45) is 0.175. The number of aryl methyl sites for hydroxylation is 1. The van der Waals surface area contributed by atoms with Crippen molar-refractivity contribution in [2.24, 2.45) is 5.92 Å². The van der Waals surface area contributed by atoms with E-state index in [1.54, 1.807) is 4.90 Å². The summed E-state index contributed by atoms with van der Waals surface area (Å²) in [5, 5.41) is 19.5. The molecule has 1 fully saturated rings. The van der Waals surface area contributed by atoms with Crippen LogP contribution in [-0.4, -0.2) is 34.3 Å². The Balaban J connectivity index is 1.63. The topological polar surface area (TPSA) is 99.0 Å². The van der Waals surface area contributed by atoms with Crippen LogP contribution in [0.2, 0.25) is 0 Å². The van der Waals surface area contributed by atoms with Crippen molar-refractivity contribution in [3.05, 3.63) is 29.8 Å². The van der Waals surface area contributed by atoms with E-state index in [0.29, 0.717) is 16.0 Å². The number of benzene rings is 1. The monoisotopic (exact) mass is 373 g/mol. The van der Waals surface area contributed by atoms with Gasteiger partial charge < -0.3 is 10.2 Å². The molecule has 0 unspecified atom stereocenters. The standard InChI is InChI=1S/C16H15N5O2S2/c1-10-3-2-4-12(7-10)21-9-11(8-13(21)22)14(23)18-15-19-20-16(25-15)24-6-5-17/h2-4,7,11H,6,8-9H2,1H3,(H,18,19,23)/t11-/m1/s1. The fourth-order valence-corrected chi connectivity index (χ4v) is 3.96. The van der Waals surface area contributed by atoms with Crippen LogP contribution in [0.3, 0.4) is 0 Å². The molecule has 9 heteroatoms. The number of aromatic nitrogens is 2. The molecule has 1 N–H and O–H groups in total. The molecule has 2 heterocycles. The lowest BCUT2D eigenvalue weighted by Gasteiger charge is -2.17. The highest BCUT2D eigenvalue weighted by molar-refractivity contribution is 8.01. The number of nitrogens with one attached hydrogen (secondary N) is 1. The quantitative estimate of drug-likeness (QED) is 0.638. The second-order valence-corrected chi connectivity index (χ2v) is 7.75. The van der Waals surface area contributed by atoms with Crippen LogP contribution in [0.5, 0.6) is 0 Å². The molecule has 0 radical (unpaired) electrons. The Morgan fingerprint density at radius 2 is 2.36 bits per heavy atom. The van der Waals surface area contributed by atoms with Crippen LogP contribution in [0.4, 0.5) is 10.8 Å². The lowest BCUT2D eigenvalue weighted by atomic mass is 10.1. The number of rotatable bonds is 5. The minimum Gasteiger partial charge on any atom is -0.312 e. The van der Waals surface area contributed by atoms with Gasteiger partial charge in [0.05, 0.1) is 17.7 Å². The Hall–Kier alpha value is -2.44. The smallest absolute Gasteiger partial charge is 0.231 e. The van der Waals surface area contributed by atoms with Gasteiger partial charge in [-0.05, 0) is 24.6 Å². The van der Waals surface area contributed by atoms with E-state index < -0.39 is 5.92 Å². The number of nitrogens with zero attached hydrogens (tertiary/aromatic N) is 4. The minimum atomic E-state index is -0.424. The normalized spacial score (nSPS) is 16.7. The van der Waals surface area contributed by atoms with Gasteiger partial charge in [-0.1, -0.05) is 35.2 Å². The van der Waals surface area contributed by atoms with Gasteiger partial charge in [0.1, 0.15) is 0 Å². The lowest BCUT2D eigenvalue weighted by molar-refractivity contribution is -0.122. The molecule has 2 aromatic rings. The van der Waals surface area contributed by atoms with E-state index in [0.717, 1.165) is 11.3 Å². The van der Waals surface area contributed by atoms with Gasteiger partial charge in [0.15, 0.2) is 4.34 Å². The zero-order chi connectivity index (χ0) is 17.8. The summed E-state index contributed by atoms with van der Waals surface area (Å²) in [7, 11) is 0. The first-order valence-corrected chi connectivity index (χ1v) is 9.38. The van der Waals surface area contributed by atoms with Crippen molar-refractivity contribution in [1.29, 1.82) is 5.26 Å². The molecule has 0 saturated carbocycles. The van der Waals surface area contributed by atoms with Crippen LogP contribution in [0.15, 0.2) is 28.6 Å². The van der Waals surface area contributed by atoms with Crippen molar-refractivity contribution in [3.63, 3.8) is 0 Å². The van der Waals surface area contributed by atoms with Crippen molar-refractivity contribution < 1.29 is 9.59 Å². The Kier molecular flexibility index (Phi) is 5.31. The number of hydrogen-bond donors (Lipinski definition) is 1. The molecule has 0 aliphatic carbocycles. The molecule has 1 aliphatic heterocycles. The largest absolute Gasteiger partial charge is 0.312 e. The molecule has 25 heavy (non-hydrogen) atoms. The predicted molar refractivity (Wildman–Crippen MR) is 96.5 cm³/mol. The Bertz CT molecular complexity index is 845. The van der Waals surface area contributed by atoms with Crippen LogP contribution in [-0.2, 0) is 9.59 Å². The molecule has 1 aliphatic rings. The van der Waals surface area contributed by atoms with Gasteiger partial charge >= 0.3 is 0 Å². The Morgan fingerprint density at radius 1 is 1.52 bits per heavy atom. The van der Waals surface area contributed by atoms with E-state index in [1.165, 1.54) is 23.1 Å². The van der Waals surface area contributed by atoms with Crippen LogP contribution < -0.4 is 10.2 Å². The summed E-state index contributed by atoms with van der Waals surface area (Å²) < 4.78 is 0.626. The number of amides is 2. The maximum absolute atomic E-state index is 12.4. The summed E-state index contributed by atoms with van der Waals surface area (Å²) in [6.45, 7) is 2.31. The second kappa shape index (κ2) is 7.63. The van der Waals surface area contributed by atoms with Crippen LogP contribution >= 0.6 is 23.1 Å². The highest BCUT2D eigenvalue weighted by atomic mass is 32.2. The first-order chi connectivity index (χ1) is 12.1. The predicted octanol–water partition coefficient (Wildman–Crippen LogP) is 2.45.